The van der Waals surface area contributed by atoms with Gasteiger partial charge < -0.3 is 10.5 Å². The van der Waals surface area contributed by atoms with Crippen LogP contribution in [-0.4, -0.2) is 38.4 Å². The van der Waals surface area contributed by atoms with Gasteiger partial charge >= 0.3 is 5.97 Å². The highest BCUT2D eigenvalue weighted by molar-refractivity contribution is 7.89. The number of ether oxygens (including phenoxy) is 1. The van der Waals surface area contributed by atoms with Crippen LogP contribution in [0.15, 0.2) is 23.1 Å². The lowest BCUT2D eigenvalue weighted by Crippen LogP contribution is -2.37. The molecule has 0 amide bonds. The molecule has 6 nitrogen and oxygen atoms in total. The molecule has 0 saturated heterocycles. The molecule has 0 heterocycles. The number of halogens is 1. The van der Waals surface area contributed by atoms with E-state index in [1.54, 1.807) is 13.8 Å². The number of anilines is 1. The number of rotatable bonds is 7. The van der Waals surface area contributed by atoms with Crippen LogP contribution < -0.4 is 5.73 Å². The SMILES string of the molecule is CCCN(CC(=O)OCC)S(=O)(=O)c1ccc(N)c(F)c1. The molecule has 0 aliphatic rings. The van der Waals surface area contributed by atoms with Crippen LogP contribution in [0.2, 0.25) is 0 Å². The van der Waals surface area contributed by atoms with Crippen LogP contribution in [0.25, 0.3) is 0 Å². The molecule has 0 aliphatic carbocycles. The van der Waals surface area contributed by atoms with Crippen LogP contribution in [0.1, 0.15) is 20.3 Å². The van der Waals surface area contributed by atoms with Gasteiger partial charge in [-0.25, -0.2) is 12.8 Å². The van der Waals surface area contributed by atoms with Gasteiger partial charge in [-0.3, -0.25) is 4.79 Å². The molecular formula is C13H19FN2O4S. The number of sulfonamides is 1. The van der Waals surface area contributed by atoms with Crippen molar-refractivity contribution in [3.8, 4) is 0 Å². The van der Waals surface area contributed by atoms with Gasteiger partial charge in [-0.2, -0.15) is 4.31 Å². The number of benzene rings is 1. The van der Waals surface area contributed by atoms with E-state index >= 15 is 0 Å². The molecule has 0 aliphatic heterocycles. The fourth-order valence-corrected chi connectivity index (χ4v) is 3.19. The average molecular weight is 318 g/mol. The van der Waals surface area contributed by atoms with E-state index in [4.69, 9.17) is 10.5 Å². The number of nitrogen functional groups attached to an aromatic ring is 1. The van der Waals surface area contributed by atoms with Gasteiger partial charge in [0.15, 0.2) is 0 Å². The second-order valence-corrected chi connectivity index (χ2v) is 6.26. The number of hydrogen-bond donors (Lipinski definition) is 1. The van der Waals surface area contributed by atoms with Gasteiger partial charge in [0.1, 0.15) is 12.4 Å². The number of carbonyl (C=O) groups excluding carboxylic acids is 1. The molecule has 1 aromatic carbocycles. The Labute approximate surface area is 123 Å². The molecule has 0 bridgehead atoms. The van der Waals surface area contributed by atoms with Crippen molar-refractivity contribution < 1.29 is 22.3 Å². The van der Waals surface area contributed by atoms with Crippen molar-refractivity contribution in [2.75, 3.05) is 25.4 Å². The quantitative estimate of drug-likeness (QED) is 0.606. The summed E-state index contributed by atoms with van der Waals surface area (Å²) in [5, 5.41) is 0. The van der Waals surface area contributed by atoms with E-state index in [1.165, 1.54) is 12.1 Å². The zero-order valence-corrected chi connectivity index (χ0v) is 12.8. The topological polar surface area (TPSA) is 89.7 Å². The van der Waals surface area contributed by atoms with Gasteiger partial charge in [0, 0.05) is 6.54 Å². The molecule has 0 unspecified atom stereocenters. The number of hydrogen-bond acceptors (Lipinski definition) is 5. The summed E-state index contributed by atoms with van der Waals surface area (Å²) < 4.78 is 44.0. The normalized spacial score (nSPS) is 11.6. The summed E-state index contributed by atoms with van der Waals surface area (Å²) in [7, 11) is -3.98. The van der Waals surface area contributed by atoms with E-state index in [0.717, 1.165) is 10.4 Å². The van der Waals surface area contributed by atoms with Crippen LogP contribution in [0.5, 0.6) is 0 Å². The molecule has 0 aromatic heterocycles. The molecule has 0 atom stereocenters. The summed E-state index contributed by atoms with van der Waals surface area (Å²) in [6.07, 6.45) is 0.510. The molecule has 0 radical (unpaired) electrons. The second kappa shape index (κ2) is 7.37. The zero-order chi connectivity index (χ0) is 16.0. The summed E-state index contributed by atoms with van der Waals surface area (Å²) >= 11 is 0. The fourth-order valence-electron chi connectivity index (χ4n) is 1.70. The summed E-state index contributed by atoms with van der Waals surface area (Å²) in [5.41, 5.74) is 5.19. The average Bonchev–Trinajstić information content (AvgIpc) is 2.41. The van der Waals surface area contributed by atoms with Crippen molar-refractivity contribution in [2.45, 2.75) is 25.2 Å². The molecular weight excluding hydrogens is 299 g/mol. The van der Waals surface area contributed by atoms with Crippen molar-refractivity contribution in [3.05, 3.63) is 24.0 Å². The van der Waals surface area contributed by atoms with Crippen LogP contribution in [0.3, 0.4) is 0 Å². The Morgan fingerprint density at radius 2 is 2.05 bits per heavy atom. The lowest BCUT2D eigenvalue weighted by atomic mass is 10.3. The molecule has 2 N–H and O–H groups in total. The minimum Gasteiger partial charge on any atom is -0.465 e. The zero-order valence-electron chi connectivity index (χ0n) is 12.0. The Bertz CT molecular complexity index is 604. The van der Waals surface area contributed by atoms with Gasteiger partial charge in [0.2, 0.25) is 10.0 Å². The molecule has 21 heavy (non-hydrogen) atoms. The summed E-state index contributed by atoms with van der Waals surface area (Å²) in [4.78, 5) is 11.3. The van der Waals surface area contributed by atoms with Crippen molar-refractivity contribution in [2.24, 2.45) is 0 Å². The Kier molecular flexibility index (Phi) is 6.10. The van der Waals surface area contributed by atoms with E-state index in [-0.39, 0.29) is 23.7 Å². The molecule has 0 spiro atoms. The third-order valence-electron chi connectivity index (χ3n) is 2.69. The fraction of sp³-hybridized carbons (Fsp3) is 0.462. The number of esters is 1. The van der Waals surface area contributed by atoms with Crippen LogP contribution >= 0.6 is 0 Å². The Hall–Kier alpha value is -1.67. The highest BCUT2D eigenvalue weighted by Crippen LogP contribution is 2.20. The third kappa shape index (κ3) is 4.40. The molecule has 0 saturated carbocycles. The van der Waals surface area contributed by atoms with Crippen molar-refractivity contribution in [3.63, 3.8) is 0 Å². The van der Waals surface area contributed by atoms with Crippen molar-refractivity contribution in [1.82, 2.24) is 4.31 Å². The summed E-state index contributed by atoms with van der Waals surface area (Å²) in [6, 6.07) is 3.23. The Morgan fingerprint density at radius 1 is 1.38 bits per heavy atom. The lowest BCUT2D eigenvalue weighted by molar-refractivity contribution is -0.143. The third-order valence-corrected chi connectivity index (χ3v) is 4.53. The maximum absolute atomic E-state index is 13.4. The first kappa shape index (κ1) is 17.4. The van der Waals surface area contributed by atoms with Crippen molar-refractivity contribution in [1.29, 1.82) is 0 Å². The molecule has 0 fully saturated rings. The molecule has 118 valence electrons. The first-order valence-corrected chi connectivity index (χ1v) is 7.97. The first-order chi connectivity index (χ1) is 9.82. The standard InChI is InChI=1S/C13H19FN2O4S/c1-3-7-16(9-13(17)20-4-2)21(18,19)10-5-6-12(15)11(14)8-10/h5-6,8H,3-4,7,9,15H2,1-2H3. The lowest BCUT2D eigenvalue weighted by Gasteiger charge is -2.20. The van der Waals surface area contributed by atoms with E-state index in [9.17, 15) is 17.6 Å². The van der Waals surface area contributed by atoms with Gasteiger partial charge in [-0.15, -0.1) is 0 Å². The highest BCUT2D eigenvalue weighted by Gasteiger charge is 2.27. The number of carbonyl (C=O) groups is 1. The van der Waals surface area contributed by atoms with Crippen molar-refractivity contribution >= 4 is 21.7 Å². The minimum absolute atomic E-state index is 0.132. The Balaban J connectivity index is 3.09. The maximum Gasteiger partial charge on any atom is 0.321 e. The monoisotopic (exact) mass is 318 g/mol. The molecule has 1 rings (SSSR count). The van der Waals surface area contributed by atoms with E-state index in [1.807, 2.05) is 0 Å². The van der Waals surface area contributed by atoms with E-state index < -0.39 is 28.4 Å². The second-order valence-electron chi connectivity index (χ2n) is 4.33. The number of nitrogens with two attached hydrogens (primary N) is 1. The first-order valence-electron chi connectivity index (χ1n) is 6.53. The summed E-state index contributed by atoms with van der Waals surface area (Å²) in [6.45, 7) is 3.29. The Morgan fingerprint density at radius 3 is 2.57 bits per heavy atom. The molecule has 1 aromatic rings. The predicted octanol–water partition coefficient (Wildman–Crippen LogP) is 1.37. The summed E-state index contributed by atoms with van der Waals surface area (Å²) in [5.74, 6) is -1.46. The maximum atomic E-state index is 13.4. The largest absolute Gasteiger partial charge is 0.465 e. The van der Waals surface area contributed by atoms with Crippen LogP contribution in [-0.2, 0) is 19.6 Å². The van der Waals surface area contributed by atoms with E-state index in [0.29, 0.717) is 6.42 Å². The van der Waals surface area contributed by atoms with Gasteiger partial charge in [0.25, 0.3) is 0 Å². The van der Waals surface area contributed by atoms with Gasteiger partial charge in [-0.1, -0.05) is 6.92 Å². The van der Waals surface area contributed by atoms with Crippen LogP contribution in [0, 0.1) is 5.82 Å². The van der Waals surface area contributed by atoms with E-state index in [2.05, 4.69) is 0 Å². The smallest absolute Gasteiger partial charge is 0.321 e. The van der Waals surface area contributed by atoms with Gasteiger partial charge in [-0.05, 0) is 31.5 Å². The number of nitrogens with zero attached hydrogens (tertiary/aromatic N) is 1. The minimum atomic E-state index is -3.98. The molecule has 8 heteroatoms. The van der Waals surface area contributed by atoms with Gasteiger partial charge in [0.05, 0.1) is 17.2 Å². The predicted molar refractivity (Wildman–Crippen MR) is 76.5 cm³/mol. The highest BCUT2D eigenvalue weighted by atomic mass is 32.2. The van der Waals surface area contributed by atoms with Crippen LogP contribution in [0.4, 0.5) is 10.1 Å².